The number of carboxylic acid groups (broad SMARTS) is 1. The van der Waals surface area contributed by atoms with E-state index in [4.69, 9.17) is 14.7 Å². The van der Waals surface area contributed by atoms with Crippen molar-refractivity contribution >= 4 is 23.1 Å². The van der Waals surface area contributed by atoms with Gasteiger partial charge in [-0.25, -0.2) is 4.79 Å². The molecule has 0 spiro atoms. The lowest BCUT2D eigenvalue weighted by molar-refractivity contribution is 0.0693. The van der Waals surface area contributed by atoms with E-state index in [1.807, 2.05) is 30.3 Å². The van der Waals surface area contributed by atoms with E-state index in [1.165, 1.54) is 23.8 Å². The quantitative estimate of drug-likeness (QED) is 0.206. The highest BCUT2D eigenvalue weighted by molar-refractivity contribution is 5.91. The Morgan fingerprint density at radius 1 is 0.970 bits per heavy atom. The van der Waals surface area contributed by atoms with E-state index in [-0.39, 0.29) is 11.3 Å². The van der Waals surface area contributed by atoms with Gasteiger partial charge in [0.15, 0.2) is 0 Å². The molecule has 7 heteroatoms. The first-order valence-electron chi connectivity index (χ1n) is 10.6. The van der Waals surface area contributed by atoms with E-state index in [1.54, 1.807) is 6.21 Å². The number of hydrogen-bond donors (Lipinski definition) is 2. The molecule has 0 aliphatic rings. The Morgan fingerprint density at radius 2 is 1.76 bits per heavy atom. The van der Waals surface area contributed by atoms with Crippen molar-refractivity contribution in [1.82, 2.24) is 4.57 Å². The number of nitrogens with zero attached hydrogens (tertiary/aromatic N) is 2. The van der Waals surface area contributed by atoms with Crippen LogP contribution in [-0.2, 0) is 11.4 Å². The maximum atomic E-state index is 10.9. The Balaban J connectivity index is 1.31. The van der Waals surface area contributed by atoms with Crippen LogP contribution in [-0.4, -0.2) is 40.2 Å². The van der Waals surface area contributed by atoms with Crippen molar-refractivity contribution in [2.45, 2.75) is 13.0 Å². The lowest BCUT2D eigenvalue weighted by atomic mass is 10.2. The van der Waals surface area contributed by atoms with Crippen molar-refractivity contribution in [3.8, 4) is 11.5 Å². The highest BCUT2D eigenvalue weighted by atomic mass is 16.6. The molecule has 1 heterocycles. The third kappa shape index (κ3) is 5.51. The number of aromatic hydroxyl groups is 1. The predicted molar refractivity (Wildman–Crippen MR) is 126 cm³/mol. The Labute approximate surface area is 191 Å². The number of oxime groups is 1. The molecule has 0 amide bonds. The number of carbonyl (C=O) groups is 1. The molecule has 4 aromatic rings. The van der Waals surface area contributed by atoms with Crippen LogP contribution in [0.2, 0.25) is 0 Å². The van der Waals surface area contributed by atoms with Crippen LogP contribution in [0.3, 0.4) is 0 Å². The van der Waals surface area contributed by atoms with Gasteiger partial charge in [-0.2, -0.15) is 0 Å². The first kappa shape index (κ1) is 22.0. The van der Waals surface area contributed by atoms with Gasteiger partial charge >= 0.3 is 5.97 Å². The second-order valence-electron chi connectivity index (χ2n) is 7.45. The standard InChI is InChI=1S/C26H24N2O5/c29-25-16-22(11-12-23(25)26(30)31)32-13-6-14-33-27-17-21-15-20-9-4-5-10-24(20)28(21)18-19-7-2-1-3-8-19/h1-5,7-12,15-17,29H,6,13-14,18H2,(H,30,31)/b27-17+. The summed E-state index contributed by atoms with van der Waals surface area (Å²) < 4.78 is 7.73. The van der Waals surface area contributed by atoms with Crippen molar-refractivity contribution in [3.05, 3.63) is 95.7 Å². The van der Waals surface area contributed by atoms with Crippen molar-refractivity contribution in [2.75, 3.05) is 13.2 Å². The van der Waals surface area contributed by atoms with Crippen LogP contribution in [0.4, 0.5) is 0 Å². The highest BCUT2D eigenvalue weighted by Gasteiger charge is 2.10. The predicted octanol–water partition coefficient (Wildman–Crippen LogP) is 4.91. The fourth-order valence-electron chi connectivity index (χ4n) is 3.52. The van der Waals surface area contributed by atoms with Crippen LogP contribution in [0, 0.1) is 0 Å². The average Bonchev–Trinajstić information content (AvgIpc) is 3.16. The molecule has 3 aromatic carbocycles. The van der Waals surface area contributed by atoms with Crippen molar-refractivity contribution in [1.29, 1.82) is 0 Å². The Kier molecular flexibility index (Phi) is 6.90. The number of phenols is 1. The zero-order valence-corrected chi connectivity index (χ0v) is 17.9. The van der Waals surface area contributed by atoms with Gasteiger partial charge in [0.2, 0.25) is 0 Å². The fourth-order valence-corrected chi connectivity index (χ4v) is 3.52. The van der Waals surface area contributed by atoms with Crippen molar-refractivity contribution < 1.29 is 24.6 Å². The summed E-state index contributed by atoms with van der Waals surface area (Å²) in [7, 11) is 0. The molecule has 0 atom stereocenters. The third-order valence-corrected chi connectivity index (χ3v) is 5.13. The molecule has 0 bridgehead atoms. The van der Waals surface area contributed by atoms with Gasteiger partial charge in [-0.05, 0) is 29.8 Å². The number of hydrogen-bond acceptors (Lipinski definition) is 5. The molecular weight excluding hydrogens is 420 g/mol. The molecule has 33 heavy (non-hydrogen) atoms. The molecule has 4 rings (SSSR count). The molecule has 2 N–H and O–H groups in total. The maximum Gasteiger partial charge on any atom is 0.339 e. The van der Waals surface area contributed by atoms with E-state index in [0.29, 0.717) is 25.4 Å². The van der Waals surface area contributed by atoms with Gasteiger partial charge in [0.25, 0.3) is 0 Å². The molecule has 7 nitrogen and oxygen atoms in total. The van der Waals surface area contributed by atoms with Gasteiger partial charge in [-0.15, -0.1) is 0 Å². The fraction of sp³-hybridized carbons (Fsp3) is 0.154. The number of benzene rings is 3. The normalized spacial score (nSPS) is 11.2. The van der Waals surface area contributed by atoms with Crippen LogP contribution >= 0.6 is 0 Å². The summed E-state index contributed by atoms with van der Waals surface area (Å²) in [5, 5.41) is 23.9. The number of aromatic nitrogens is 1. The monoisotopic (exact) mass is 444 g/mol. The van der Waals surface area contributed by atoms with Crippen molar-refractivity contribution in [2.24, 2.45) is 5.16 Å². The summed E-state index contributed by atoms with van der Waals surface area (Å²) in [5.74, 6) is -1.12. The van der Waals surface area contributed by atoms with E-state index in [0.717, 1.165) is 23.1 Å². The number of ether oxygens (including phenoxy) is 1. The first-order valence-corrected chi connectivity index (χ1v) is 10.6. The minimum atomic E-state index is -1.19. The minimum absolute atomic E-state index is 0.162. The van der Waals surface area contributed by atoms with Crippen LogP contribution in [0.5, 0.6) is 11.5 Å². The lowest BCUT2D eigenvalue weighted by Crippen LogP contribution is -2.04. The SMILES string of the molecule is O=C(O)c1ccc(OCCCO/N=C/c2cc3ccccc3n2Cc2ccccc2)cc1O. The van der Waals surface area contributed by atoms with Gasteiger partial charge < -0.3 is 24.4 Å². The Bertz CT molecular complexity index is 1260. The van der Waals surface area contributed by atoms with E-state index < -0.39 is 5.97 Å². The number of carboxylic acids is 1. The molecule has 0 aliphatic heterocycles. The largest absolute Gasteiger partial charge is 0.507 e. The van der Waals surface area contributed by atoms with E-state index in [2.05, 4.69) is 40.1 Å². The average molecular weight is 444 g/mol. The second kappa shape index (κ2) is 10.4. The smallest absolute Gasteiger partial charge is 0.339 e. The summed E-state index contributed by atoms with van der Waals surface area (Å²) in [6.07, 6.45) is 2.29. The molecule has 0 radical (unpaired) electrons. The second-order valence-corrected chi connectivity index (χ2v) is 7.45. The summed E-state index contributed by atoms with van der Waals surface area (Å²) in [5.41, 5.74) is 3.12. The Morgan fingerprint density at radius 3 is 2.55 bits per heavy atom. The zero-order valence-electron chi connectivity index (χ0n) is 17.9. The van der Waals surface area contributed by atoms with Crippen LogP contribution in [0.25, 0.3) is 10.9 Å². The van der Waals surface area contributed by atoms with Gasteiger partial charge in [-0.3, -0.25) is 0 Å². The Hall–Kier alpha value is -4.26. The van der Waals surface area contributed by atoms with Gasteiger partial charge in [0, 0.05) is 29.9 Å². The van der Waals surface area contributed by atoms with Crippen LogP contribution < -0.4 is 4.74 Å². The summed E-state index contributed by atoms with van der Waals surface area (Å²) >= 11 is 0. The molecule has 168 valence electrons. The van der Waals surface area contributed by atoms with Gasteiger partial charge in [0.05, 0.1) is 18.5 Å². The summed E-state index contributed by atoms with van der Waals surface area (Å²) in [6.45, 7) is 1.43. The first-order chi connectivity index (χ1) is 16.1. The summed E-state index contributed by atoms with van der Waals surface area (Å²) in [4.78, 5) is 16.3. The van der Waals surface area contributed by atoms with E-state index in [9.17, 15) is 9.90 Å². The number of fused-ring (bicyclic) bond motifs is 1. The third-order valence-electron chi connectivity index (χ3n) is 5.13. The molecule has 0 unspecified atom stereocenters. The highest BCUT2D eigenvalue weighted by Crippen LogP contribution is 2.24. The molecular formula is C26H24N2O5. The lowest BCUT2D eigenvalue weighted by Gasteiger charge is -2.09. The number of para-hydroxylation sites is 1. The van der Waals surface area contributed by atoms with Crippen molar-refractivity contribution in [3.63, 3.8) is 0 Å². The number of rotatable bonds is 10. The van der Waals surface area contributed by atoms with Gasteiger partial charge in [-0.1, -0.05) is 53.7 Å². The molecule has 0 fully saturated rings. The minimum Gasteiger partial charge on any atom is -0.507 e. The number of aromatic carboxylic acids is 1. The van der Waals surface area contributed by atoms with Gasteiger partial charge in [0.1, 0.15) is 23.7 Å². The molecule has 0 aliphatic carbocycles. The molecule has 0 saturated carbocycles. The topological polar surface area (TPSA) is 93.3 Å². The molecule has 1 aromatic heterocycles. The van der Waals surface area contributed by atoms with Crippen LogP contribution in [0.1, 0.15) is 28.0 Å². The van der Waals surface area contributed by atoms with Crippen LogP contribution in [0.15, 0.2) is 84.0 Å². The zero-order chi connectivity index (χ0) is 23.0. The van der Waals surface area contributed by atoms with E-state index >= 15 is 0 Å². The maximum absolute atomic E-state index is 10.9. The molecule has 0 saturated heterocycles. The summed E-state index contributed by atoms with van der Waals surface area (Å²) in [6, 6.07) is 24.7.